The molecule has 0 spiro atoms. The van der Waals surface area contributed by atoms with E-state index in [9.17, 15) is 5.11 Å². The molecule has 1 aromatic carbocycles. The quantitative estimate of drug-likeness (QED) is 0.590. The lowest BCUT2D eigenvalue weighted by Crippen LogP contribution is -2.40. The average molecular weight is 283 g/mol. The van der Waals surface area contributed by atoms with Crippen molar-refractivity contribution in [3.05, 3.63) is 29.8 Å². The van der Waals surface area contributed by atoms with Gasteiger partial charge in [0.05, 0.1) is 6.61 Å². The lowest BCUT2D eigenvalue weighted by atomic mass is 10.2. The fourth-order valence-corrected chi connectivity index (χ4v) is 1.86. The number of hydrogen-bond acceptors (Lipinski definition) is 5. The van der Waals surface area contributed by atoms with Crippen LogP contribution in [-0.2, 0) is 4.74 Å². The summed E-state index contributed by atoms with van der Waals surface area (Å²) in [5, 5.41) is 22.0. The molecule has 2 atom stereocenters. The van der Waals surface area contributed by atoms with Gasteiger partial charge >= 0.3 is 0 Å². The zero-order valence-corrected chi connectivity index (χ0v) is 12.2. The third kappa shape index (κ3) is 6.86. The van der Waals surface area contributed by atoms with Gasteiger partial charge in [-0.3, -0.25) is 0 Å². The molecule has 0 saturated heterocycles. The molecule has 0 heterocycles. The summed E-state index contributed by atoms with van der Waals surface area (Å²) in [6.45, 7) is 3.23. The molecule has 2 unspecified atom stereocenters. The number of rotatable bonds is 10. The van der Waals surface area contributed by atoms with Gasteiger partial charge in [0.1, 0.15) is 18.5 Å². The molecule has 1 aromatic rings. The van der Waals surface area contributed by atoms with E-state index in [2.05, 4.69) is 5.32 Å². The Labute approximate surface area is 120 Å². The number of methoxy groups -OCH3 is 1. The summed E-state index contributed by atoms with van der Waals surface area (Å²) in [4.78, 5) is 0. The number of aliphatic hydroxyl groups excluding tert-OH is 2. The van der Waals surface area contributed by atoms with E-state index >= 15 is 0 Å². The second-order valence-electron chi connectivity index (χ2n) is 4.85. The van der Waals surface area contributed by atoms with Gasteiger partial charge in [-0.05, 0) is 31.0 Å². The van der Waals surface area contributed by atoms with Crippen LogP contribution in [0.5, 0.6) is 5.75 Å². The molecular formula is C15H25NO4. The maximum atomic E-state index is 9.87. The fraction of sp³-hybridized carbons (Fsp3) is 0.600. The standard InChI is InChI=1S/C15H25NO4/c1-12-4-3-5-15(8-12)20-11-14(18)9-16-13(6-7-17)10-19-2/h3-5,8,13-14,16-18H,6-7,9-11H2,1-2H3. The van der Waals surface area contributed by atoms with Gasteiger partial charge in [-0.1, -0.05) is 12.1 Å². The molecule has 0 radical (unpaired) electrons. The first-order valence-electron chi connectivity index (χ1n) is 6.86. The minimum absolute atomic E-state index is 0.0404. The summed E-state index contributed by atoms with van der Waals surface area (Å²) in [7, 11) is 1.61. The van der Waals surface area contributed by atoms with Crippen LogP contribution >= 0.6 is 0 Å². The van der Waals surface area contributed by atoms with E-state index < -0.39 is 6.10 Å². The van der Waals surface area contributed by atoms with Gasteiger partial charge in [0.25, 0.3) is 0 Å². The number of aryl methyl sites for hydroxylation is 1. The van der Waals surface area contributed by atoms with Gasteiger partial charge in [-0.2, -0.15) is 0 Å². The Hall–Kier alpha value is -1.14. The molecule has 1 rings (SSSR count). The Morgan fingerprint density at radius 2 is 2.10 bits per heavy atom. The summed E-state index contributed by atoms with van der Waals surface area (Å²) in [5.74, 6) is 0.757. The molecule has 0 bridgehead atoms. The van der Waals surface area contributed by atoms with Crippen molar-refractivity contribution < 1.29 is 19.7 Å². The highest BCUT2D eigenvalue weighted by molar-refractivity contribution is 5.27. The smallest absolute Gasteiger partial charge is 0.119 e. The van der Waals surface area contributed by atoms with Crippen LogP contribution in [0.1, 0.15) is 12.0 Å². The molecule has 0 aliphatic carbocycles. The lowest BCUT2D eigenvalue weighted by Gasteiger charge is -2.19. The highest BCUT2D eigenvalue weighted by Gasteiger charge is 2.11. The first-order chi connectivity index (χ1) is 9.65. The number of benzene rings is 1. The number of hydrogen-bond donors (Lipinski definition) is 3. The number of aliphatic hydroxyl groups is 2. The van der Waals surface area contributed by atoms with Gasteiger partial charge in [0.2, 0.25) is 0 Å². The predicted molar refractivity (Wildman–Crippen MR) is 78.1 cm³/mol. The maximum Gasteiger partial charge on any atom is 0.119 e. The molecular weight excluding hydrogens is 258 g/mol. The Bertz CT molecular complexity index is 367. The minimum atomic E-state index is -0.603. The molecule has 114 valence electrons. The van der Waals surface area contributed by atoms with Crippen molar-refractivity contribution in [3.63, 3.8) is 0 Å². The Morgan fingerprint density at radius 1 is 1.30 bits per heavy atom. The summed E-state index contributed by atoms with van der Waals surface area (Å²) in [6, 6.07) is 7.76. The normalized spacial score (nSPS) is 14.0. The monoisotopic (exact) mass is 283 g/mol. The van der Waals surface area contributed by atoms with E-state index in [4.69, 9.17) is 14.6 Å². The van der Waals surface area contributed by atoms with Crippen molar-refractivity contribution in [1.82, 2.24) is 5.32 Å². The van der Waals surface area contributed by atoms with Crippen molar-refractivity contribution >= 4 is 0 Å². The SMILES string of the molecule is COCC(CCO)NCC(O)COc1cccc(C)c1. The Kier molecular flexibility index (Phi) is 8.22. The van der Waals surface area contributed by atoms with E-state index in [0.29, 0.717) is 19.6 Å². The van der Waals surface area contributed by atoms with Crippen LogP contribution in [0, 0.1) is 6.92 Å². The van der Waals surface area contributed by atoms with Crippen LogP contribution in [0.2, 0.25) is 0 Å². The van der Waals surface area contributed by atoms with Crippen LogP contribution in [0.3, 0.4) is 0 Å². The molecule has 5 nitrogen and oxygen atoms in total. The van der Waals surface area contributed by atoms with Crippen molar-refractivity contribution in [2.24, 2.45) is 0 Å². The van der Waals surface area contributed by atoms with Crippen molar-refractivity contribution in [3.8, 4) is 5.75 Å². The second-order valence-corrected chi connectivity index (χ2v) is 4.85. The van der Waals surface area contributed by atoms with E-state index in [1.165, 1.54) is 0 Å². The molecule has 0 aliphatic rings. The third-order valence-corrected chi connectivity index (χ3v) is 2.92. The largest absolute Gasteiger partial charge is 0.491 e. The first kappa shape index (κ1) is 16.9. The topological polar surface area (TPSA) is 71.0 Å². The highest BCUT2D eigenvalue weighted by atomic mass is 16.5. The zero-order chi connectivity index (χ0) is 14.8. The van der Waals surface area contributed by atoms with Crippen LogP contribution in [0.4, 0.5) is 0 Å². The summed E-state index contributed by atoms with van der Waals surface area (Å²) >= 11 is 0. The van der Waals surface area contributed by atoms with E-state index in [-0.39, 0.29) is 19.3 Å². The maximum absolute atomic E-state index is 9.87. The summed E-state index contributed by atoms with van der Waals surface area (Å²) in [5.41, 5.74) is 1.12. The van der Waals surface area contributed by atoms with Crippen LogP contribution < -0.4 is 10.1 Å². The average Bonchev–Trinajstić information content (AvgIpc) is 2.43. The third-order valence-electron chi connectivity index (χ3n) is 2.92. The Balaban J connectivity index is 2.27. The predicted octanol–water partition coefficient (Wildman–Crippen LogP) is 0.722. The second kappa shape index (κ2) is 9.72. The molecule has 0 amide bonds. The number of nitrogens with one attached hydrogen (secondary N) is 1. The van der Waals surface area contributed by atoms with E-state index in [0.717, 1.165) is 11.3 Å². The van der Waals surface area contributed by atoms with Crippen molar-refractivity contribution in [2.45, 2.75) is 25.5 Å². The van der Waals surface area contributed by atoms with Gasteiger partial charge < -0.3 is 25.0 Å². The van der Waals surface area contributed by atoms with Crippen LogP contribution in [0.25, 0.3) is 0 Å². The van der Waals surface area contributed by atoms with Gasteiger partial charge in [-0.15, -0.1) is 0 Å². The van der Waals surface area contributed by atoms with Gasteiger partial charge in [-0.25, -0.2) is 0 Å². The van der Waals surface area contributed by atoms with Crippen LogP contribution in [-0.4, -0.2) is 55.8 Å². The van der Waals surface area contributed by atoms with Gasteiger partial charge in [0, 0.05) is 26.3 Å². The summed E-state index contributed by atoms with van der Waals surface area (Å²) in [6.07, 6.45) is -0.00666. The molecule has 0 aromatic heterocycles. The van der Waals surface area contributed by atoms with Gasteiger partial charge in [0.15, 0.2) is 0 Å². The van der Waals surface area contributed by atoms with E-state index in [1.54, 1.807) is 7.11 Å². The molecule has 5 heteroatoms. The van der Waals surface area contributed by atoms with E-state index in [1.807, 2.05) is 31.2 Å². The first-order valence-corrected chi connectivity index (χ1v) is 6.86. The molecule has 3 N–H and O–H groups in total. The number of ether oxygens (including phenoxy) is 2. The zero-order valence-electron chi connectivity index (χ0n) is 12.2. The summed E-state index contributed by atoms with van der Waals surface area (Å²) < 4.78 is 10.6. The molecule has 20 heavy (non-hydrogen) atoms. The van der Waals surface area contributed by atoms with Crippen molar-refractivity contribution in [2.75, 3.05) is 33.5 Å². The Morgan fingerprint density at radius 3 is 2.75 bits per heavy atom. The minimum Gasteiger partial charge on any atom is -0.491 e. The van der Waals surface area contributed by atoms with Crippen LogP contribution in [0.15, 0.2) is 24.3 Å². The molecule has 0 saturated carbocycles. The fourth-order valence-electron chi connectivity index (χ4n) is 1.86. The highest BCUT2D eigenvalue weighted by Crippen LogP contribution is 2.12. The molecule has 0 fully saturated rings. The lowest BCUT2D eigenvalue weighted by molar-refractivity contribution is 0.0919. The van der Waals surface area contributed by atoms with Crippen molar-refractivity contribution in [1.29, 1.82) is 0 Å². The molecule has 0 aliphatic heterocycles.